The van der Waals surface area contributed by atoms with Gasteiger partial charge in [-0.2, -0.15) is 0 Å². The molecule has 1 saturated heterocycles. The number of amides is 1. The highest BCUT2D eigenvalue weighted by Crippen LogP contribution is 2.15. The van der Waals surface area contributed by atoms with Gasteiger partial charge < -0.3 is 10.6 Å². The zero-order chi connectivity index (χ0) is 11.8. The summed E-state index contributed by atoms with van der Waals surface area (Å²) < 4.78 is 0. The molecule has 0 aromatic heterocycles. The van der Waals surface area contributed by atoms with Gasteiger partial charge in [0.05, 0.1) is 13.1 Å². The average molecular weight is 223 g/mol. The third-order valence-corrected chi connectivity index (χ3v) is 2.92. The van der Waals surface area contributed by atoms with Gasteiger partial charge in [-0.15, -0.1) is 6.42 Å². The highest BCUT2D eigenvalue weighted by atomic mass is 16.2. The van der Waals surface area contributed by atoms with Crippen molar-refractivity contribution in [1.29, 1.82) is 0 Å². The number of nitrogens with one attached hydrogen (secondary N) is 2. The largest absolute Gasteiger partial charge is 0.344 e. The average Bonchev–Trinajstić information content (AvgIpc) is 2.29. The summed E-state index contributed by atoms with van der Waals surface area (Å²) in [7, 11) is 1.95. The highest BCUT2D eigenvalue weighted by Gasteiger charge is 2.23. The molecule has 1 rings (SSSR count). The van der Waals surface area contributed by atoms with Crippen LogP contribution in [0, 0.1) is 12.3 Å². The molecular formula is C12H21N3O. The molecule has 4 nitrogen and oxygen atoms in total. The van der Waals surface area contributed by atoms with Crippen molar-refractivity contribution in [2.75, 3.05) is 33.2 Å². The van der Waals surface area contributed by atoms with E-state index in [0.717, 1.165) is 13.1 Å². The van der Waals surface area contributed by atoms with Crippen LogP contribution in [0.15, 0.2) is 0 Å². The predicted molar refractivity (Wildman–Crippen MR) is 65.0 cm³/mol. The van der Waals surface area contributed by atoms with Gasteiger partial charge in [0, 0.05) is 12.6 Å². The van der Waals surface area contributed by atoms with Crippen molar-refractivity contribution in [3.05, 3.63) is 0 Å². The Kier molecular flexibility index (Phi) is 5.91. The molecule has 0 aliphatic carbocycles. The lowest BCUT2D eigenvalue weighted by Crippen LogP contribution is -2.49. The van der Waals surface area contributed by atoms with Gasteiger partial charge in [-0.1, -0.05) is 12.3 Å². The zero-order valence-corrected chi connectivity index (χ0v) is 9.96. The van der Waals surface area contributed by atoms with Crippen molar-refractivity contribution in [1.82, 2.24) is 15.5 Å². The summed E-state index contributed by atoms with van der Waals surface area (Å²) in [6.45, 7) is 2.75. The minimum Gasteiger partial charge on any atom is -0.344 e. The first-order valence-electron chi connectivity index (χ1n) is 5.86. The van der Waals surface area contributed by atoms with Gasteiger partial charge in [0.1, 0.15) is 0 Å². The molecule has 2 N–H and O–H groups in total. The normalized spacial score (nSPS) is 21.4. The number of carbonyl (C=O) groups is 1. The SMILES string of the molecule is C#CCNC(=O)CN1CCCCC1CNC. The van der Waals surface area contributed by atoms with Crippen LogP contribution in [0.4, 0.5) is 0 Å². The molecule has 0 radical (unpaired) electrons. The molecular weight excluding hydrogens is 202 g/mol. The second kappa shape index (κ2) is 7.26. The van der Waals surface area contributed by atoms with Crippen LogP contribution in [0.5, 0.6) is 0 Å². The summed E-state index contributed by atoms with van der Waals surface area (Å²) in [5.74, 6) is 2.44. The lowest BCUT2D eigenvalue weighted by Gasteiger charge is -2.35. The van der Waals surface area contributed by atoms with E-state index < -0.39 is 0 Å². The summed E-state index contributed by atoms with van der Waals surface area (Å²) in [5, 5.41) is 5.88. The Labute approximate surface area is 97.8 Å². The molecule has 0 saturated carbocycles. The maximum Gasteiger partial charge on any atom is 0.234 e. The van der Waals surface area contributed by atoms with Crippen LogP contribution >= 0.6 is 0 Å². The van der Waals surface area contributed by atoms with Crippen molar-refractivity contribution in [2.45, 2.75) is 25.3 Å². The van der Waals surface area contributed by atoms with Crippen molar-refractivity contribution in [3.63, 3.8) is 0 Å². The first-order valence-corrected chi connectivity index (χ1v) is 5.86. The van der Waals surface area contributed by atoms with E-state index in [9.17, 15) is 4.79 Å². The number of carbonyl (C=O) groups excluding carboxylic acids is 1. The van der Waals surface area contributed by atoms with E-state index in [0.29, 0.717) is 19.1 Å². The third-order valence-electron chi connectivity index (χ3n) is 2.92. The molecule has 4 heteroatoms. The van der Waals surface area contributed by atoms with Gasteiger partial charge in [-0.25, -0.2) is 0 Å². The minimum atomic E-state index is 0.0287. The lowest BCUT2D eigenvalue weighted by molar-refractivity contribution is -0.122. The van der Waals surface area contributed by atoms with Crippen LogP contribution in [0.2, 0.25) is 0 Å². The molecule has 0 aromatic rings. The van der Waals surface area contributed by atoms with Gasteiger partial charge in [0.15, 0.2) is 0 Å². The van der Waals surface area contributed by atoms with E-state index in [-0.39, 0.29) is 5.91 Å². The molecule has 0 spiro atoms. The number of likely N-dealkylation sites (N-methyl/N-ethyl adjacent to an activating group) is 1. The Morgan fingerprint density at radius 2 is 2.38 bits per heavy atom. The van der Waals surface area contributed by atoms with E-state index in [1.54, 1.807) is 0 Å². The molecule has 1 amide bonds. The lowest BCUT2D eigenvalue weighted by atomic mass is 10.0. The zero-order valence-electron chi connectivity index (χ0n) is 9.96. The maximum atomic E-state index is 11.6. The van der Waals surface area contributed by atoms with Crippen LogP contribution in [-0.4, -0.2) is 50.1 Å². The fourth-order valence-corrected chi connectivity index (χ4v) is 2.12. The van der Waals surface area contributed by atoms with Crippen LogP contribution in [0.1, 0.15) is 19.3 Å². The summed E-state index contributed by atoms with van der Waals surface area (Å²) in [6.07, 6.45) is 8.71. The number of terminal acetylenes is 1. The maximum absolute atomic E-state index is 11.6. The van der Waals surface area contributed by atoms with Gasteiger partial charge >= 0.3 is 0 Å². The van der Waals surface area contributed by atoms with Crippen molar-refractivity contribution < 1.29 is 4.79 Å². The van der Waals surface area contributed by atoms with Crippen LogP contribution in [0.25, 0.3) is 0 Å². The Morgan fingerprint density at radius 1 is 1.56 bits per heavy atom. The molecule has 1 unspecified atom stereocenters. The minimum absolute atomic E-state index is 0.0287. The molecule has 1 aliphatic rings. The second-order valence-electron chi connectivity index (χ2n) is 4.16. The van der Waals surface area contributed by atoms with Crippen molar-refractivity contribution >= 4 is 5.91 Å². The first kappa shape index (κ1) is 13.0. The highest BCUT2D eigenvalue weighted by molar-refractivity contribution is 5.78. The van der Waals surface area contributed by atoms with Gasteiger partial charge in [0.2, 0.25) is 5.91 Å². The number of rotatable bonds is 5. The number of piperidine rings is 1. The van der Waals surface area contributed by atoms with Crippen LogP contribution in [0.3, 0.4) is 0 Å². The Bertz CT molecular complexity index is 257. The van der Waals surface area contributed by atoms with E-state index in [1.807, 2.05) is 7.05 Å². The van der Waals surface area contributed by atoms with E-state index in [1.165, 1.54) is 19.3 Å². The van der Waals surface area contributed by atoms with Crippen molar-refractivity contribution in [2.24, 2.45) is 0 Å². The number of hydrogen-bond donors (Lipinski definition) is 2. The summed E-state index contributed by atoms with van der Waals surface area (Å²) in [5.41, 5.74) is 0. The molecule has 0 bridgehead atoms. The van der Waals surface area contributed by atoms with Gasteiger partial charge in [-0.05, 0) is 26.4 Å². The monoisotopic (exact) mass is 223 g/mol. The fraction of sp³-hybridized carbons (Fsp3) is 0.750. The molecule has 1 atom stereocenters. The Hall–Kier alpha value is -1.05. The van der Waals surface area contributed by atoms with Gasteiger partial charge in [0.25, 0.3) is 0 Å². The topological polar surface area (TPSA) is 44.4 Å². The van der Waals surface area contributed by atoms with Crippen molar-refractivity contribution in [3.8, 4) is 12.3 Å². The summed E-state index contributed by atoms with van der Waals surface area (Å²) in [4.78, 5) is 13.8. The summed E-state index contributed by atoms with van der Waals surface area (Å²) >= 11 is 0. The fourth-order valence-electron chi connectivity index (χ4n) is 2.12. The van der Waals surface area contributed by atoms with E-state index >= 15 is 0 Å². The van der Waals surface area contributed by atoms with E-state index in [2.05, 4.69) is 21.5 Å². The quantitative estimate of drug-likeness (QED) is 0.635. The molecule has 90 valence electrons. The number of likely N-dealkylation sites (tertiary alicyclic amines) is 1. The first-order chi connectivity index (χ1) is 7.77. The second-order valence-corrected chi connectivity index (χ2v) is 4.16. The molecule has 1 heterocycles. The predicted octanol–water partition coefficient (Wildman–Crippen LogP) is -0.190. The molecule has 0 aromatic carbocycles. The van der Waals surface area contributed by atoms with Gasteiger partial charge in [-0.3, -0.25) is 9.69 Å². The Morgan fingerprint density at radius 3 is 3.06 bits per heavy atom. The molecule has 1 aliphatic heterocycles. The third kappa shape index (κ3) is 4.21. The Balaban J connectivity index is 2.37. The van der Waals surface area contributed by atoms with Crippen LogP contribution in [-0.2, 0) is 4.79 Å². The number of nitrogens with zero attached hydrogens (tertiary/aromatic N) is 1. The summed E-state index contributed by atoms with van der Waals surface area (Å²) in [6, 6.07) is 0.482. The smallest absolute Gasteiger partial charge is 0.234 e. The molecule has 16 heavy (non-hydrogen) atoms. The van der Waals surface area contributed by atoms with Crippen LogP contribution < -0.4 is 10.6 Å². The molecule has 1 fully saturated rings. The van der Waals surface area contributed by atoms with E-state index in [4.69, 9.17) is 6.42 Å². The number of hydrogen-bond acceptors (Lipinski definition) is 3. The standard InChI is InChI=1S/C12H21N3O/c1-3-7-14-12(16)10-15-8-5-4-6-11(15)9-13-2/h1,11,13H,4-10H2,2H3,(H,14,16).